The minimum Gasteiger partial charge on any atom is -0.478 e. The van der Waals surface area contributed by atoms with Gasteiger partial charge >= 0.3 is 5.97 Å². The minimum absolute atomic E-state index is 0.0375. The topological polar surface area (TPSA) is 95.5 Å². The Bertz CT molecular complexity index is 746. The van der Waals surface area contributed by atoms with Crippen LogP contribution in [0.4, 0.5) is 0 Å². The number of carboxylic acids is 1. The largest absolute Gasteiger partial charge is 0.478 e. The number of amides is 2. The van der Waals surface area contributed by atoms with Gasteiger partial charge in [0.05, 0.1) is 11.1 Å². The van der Waals surface area contributed by atoms with Crippen molar-refractivity contribution >= 4 is 33.7 Å². The van der Waals surface area contributed by atoms with Crippen LogP contribution in [0.5, 0.6) is 0 Å². The highest BCUT2D eigenvalue weighted by atomic mass is 79.9. The van der Waals surface area contributed by atoms with Crippen molar-refractivity contribution in [3.8, 4) is 0 Å². The second-order valence-electron chi connectivity index (χ2n) is 4.27. The molecule has 2 aromatic rings. The fourth-order valence-electron chi connectivity index (χ4n) is 1.75. The Labute approximate surface area is 134 Å². The van der Waals surface area contributed by atoms with Gasteiger partial charge in [0.1, 0.15) is 0 Å². The molecule has 0 saturated carbocycles. The Balaban J connectivity index is 2.07. The van der Waals surface area contributed by atoms with Gasteiger partial charge in [0.2, 0.25) is 0 Å². The summed E-state index contributed by atoms with van der Waals surface area (Å²) >= 11 is 3.24. The Morgan fingerprint density at radius 1 is 0.864 bits per heavy atom. The zero-order chi connectivity index (χ0) is 16.1. The summed E-state index contributed by atoms with van der Waals surface area (Å²) in [5.74, 6) is -2.44. The molecule has 0 unspecified atom stereocenters. The number of carbonyl (C=O) groups excluding carboxylic acids is 2. The first-order chi connectivity index (χ1) is 10.5. The quantitative estimate of drug-likeness (QED) is 0.729. The van der Waals surface area contributed by atoms with Crippen LogP contribution in [-0.4, -0.2) is 22.9 Å². The minimum atomic E-state index is -1.22. The molecule has 0 aliphatic heterocycles. The van der Waals surface area contributed by atoms with Crippen LogP contribution >= 0.6 is 15.9 Å². The molecule has 2 aromatic carbocycles. The monoisotopic (exact) mass is 362 g/mol. The Hall–Kier alpha value is -2.67. The van der Waals surface area contributed by atoms with Crippen molar-refractivity contribution in [2.75, 3.05) is 0 Å². The molecule has 0 atom stereocenters. The van der Waals surface area contributed by atoms with Crippen LogP contribution in [0.2, 0.25) is 0 Å². The van der Waals surface area contributed by atoms with E-state index in [0.29, 0.717) is 5.56 Å². The first-order valence-corrected chi connectivity index (χ1v) is 6.97. The van der Waals surface area contributed by atoms with E-state index in [9.17, 15) is 14.4 Å². The number of hydrogen-bond donors (Lipinski definition) is 3. The van der Waals surface area contributed by atoms with E-state index in [0.717, 1.165) is 4.47 Å². The van der Waals surface area contributed by atoms with Gasteiger partial charge in [-0.25, -0.2) is 4.79 Å². The lowest BCUT2D eigenvalue weighted by molar-refractivity contribution is 0.0690. The first-order valence-electron chi connectivity index (χ1n) is 6.17. The maximum atomic E-state index is 12.0. The number of aromatic carboxylic acids is 1. The fraction of sp³-hybridized carbons (Fsp3) is 0. The molecule has 7 heteroatoms. The first kappa shape index (κ1) is 15.7. The van der Waals surface area contributed by atoms with Gasteiger partial charge in [0.25, 0.3) is 11.8 Å². The van der Waals surface area contributed by atoms with Gasteiger partial charge in [-0.05, 0) is 30.3 Å². The molecule has 0 aliphatic carbocycles. The van der Waals surface area contributed by atoms with Crippen LogP contribution < -0.4 is 10.9 Å². The summed E-state index contributed by atoms with van der Waals surface area (Å²) in [5.41, 5.74) is 4.60. The van der Waals surface area contributed by atoms with E-state index in [2.05, 4.69) is 26.8 Å². The third-order valence-corrected chi connectivity index (χ3v) is 3.27. The zero-order valence-corrected chi connectivity index (χ0v) is 12.8. The summed E-state index contributed by atoms with van der Waals surface area (Å²) in [6.45, 7) is 0. The molecule has 2 amide bonds. The number of nitrogens with one attached hydrogen (secondary N) is 2. The van der Waals surface area contributed by atoms with Crippen LogP contribution in [0, 0.1) is 0 Å². The standard InChI is InChI=1S/C15H11BrN2O4/c16-10-5-3-4-9(8-10)13(19)17-18-14(20)11-6-1-2-7-12(11)15(21)22/h1-8H,(H,17,19)(H,18,20)(H,21,22). The second-order valence-corrected chi connectivity index (χ2v) is 5.19. The van der Waals surface area contributed by atoms with Crippen LogP contribution in [0.3, 0.4) is 0 Å². The molecular weight excluding hydrogens is 352 g/mol. The summed E-state index contributed by atoms with van der Waals surface area (Å²) < 4.78 is 0.725. The van der Waals surface area contributed by atoms with Gasteiger partial charge in [-0.3, -0.25) is 20.4 Å². The number of hydrazine groups is 1. The van der Waals surface area contributed by atoms with Crippen molar-refractivity contribution < 1.29 is 19.5 Å². The molecule has 0 bridgehead atoms. The summed E-state index contributed by atoms with van der Waals surface area (Å²) in [7, 11) is 0. The molecule has 0 heterocycles. The molecule has 6 nitrogen and oxygen atoms in total. The van der Waals surface area contributed by atoms with Gasteiger partial charge in [0, 0.05) is 10.0 Å². The molecular formula is C15H11BrN2O4. The SMILES string of the molecule is O=C(NNC(=O)c1ccccc1C(=O)O)c1cccc(Br)c1. The van der Waals surface area contributed by atoms with Crippen LogP contribution in [0.15, 0.2) is 53.0 Å². The highest BCUT2D eigenvalue weighted by Crippen LogP contribution is 2.11. The molecule has 2 rings (SSSR count). The Morgan fingerprint density at radius 2 is 1.50 bits per heavy atom. The molecule has 22 heavy (non-hydrogen) atoms. The highest BCUT2D eigenvalue weighted by molar-refractivity contribution is 9.10. The second kappa shape index (κ2) is 6.86. The fourth-order valence-corrected chi connectivity index (χ4v) is 2.15. The summed E-state index contributed by atoms with van der Waals surface area (Å²) in [6.07, 6.45) is 0. The van der Waals surface area contributed by atoms with Crippen molar-refractivity contribution in [2.45, 2.75) is 0 Å². The lowest BCUT2D eigenvalue weighted by Gasteiger charge is -2.09. The third kappa shape index (κ3) is 3.70. The molecule has 0 aliphatic rings. The van der Waals surface area contributed by atoms with E-state index in [1.165, 1.54) is 24.3 Å². The number of carbonyl (C=O) groups is 3. The van der Waals surface area contributed by atoms with Gasteiger partial charge in [-0.1, -0.05) is 34.1 Å². The van der Waals surface area contributed by atoms with Gasteiger partial charge in [-0.15, -0.1) is 0 Å². The van der Waals surface area contributed by atoms with Crippen molar-refractivity contribution in [2.24, 2.45) is 0 Å². The number of carboxylic acid groups (broad SMARTS) is 1. The normalized spacial score (nSPS) is 9.86. The van der Waals surface area contributed by atoms with Crippen molar-refractivity contribution in [1.82, 2.24) is 10.9 Å². The molecule has 0 aromatic heterocycles. The van der Waals surface area contributed by atoms with Crippen LogP contribution in [-0.2, 0) is 0 Å². The molecule has 0 spiro atoms. The van der Waals surface area contributed by atoms with Crippen molar-refractivity contribution in [3.05, 3.63) is 69.7 Å². The van der Waals surface area contributed by atoms with Crippen LogP contribution in [0.25, 0.3) is 0 Å². The molecule has 112 valence electrons. The lowest BCUT2D eigenvalue weighted by atomic mass is 10.1. The lowest BCUT2D eigenvalue weighted by Crippen LogP contribution is -2.42. The smallest absolute Gasteiger partial charge is 0.336 e. The van der Waals surface area contributed by atoms with Crippen LogP contribution in [0.1, 0.15) is 31.1 Å². The van der Waals surface area contributed by atoms with E-state index in [4.69, 9.17) is 5.11 Å². The van der Waals surface area contributed by atoms with E-state index >= 15 is 0 Å². The van der Waals surface area contributed by atoms with Crippen molar-refractivity contribution in [1.29, 1.82) is 0 Å². The predicted molar refractivity (Wildman–Crippen MR) is 82.5 cm³/mol. The van der Waals surface area contributed by atoms with E-state index in [-0.39, 0.29) is 11.1 Å². The zero-order valence-electron chi connectivity index (χ0n) is 11.2. The Kier molecular flexibility index (Phi) is 4.90. The molecule has 3 N–H and O–H groups in total. The number of hydrogen-bond acceptors (Lipinski definition) is 3. The van der Waals surface area contributed by atoms with Gasteiger partial charge in [-0.2, -0.15) is 0 Å². The maximum absolute atomic E-state index is 12.0. The average molecular weight is 363 g/mol. The number of halogens is 1. The summed E-state index contributed by atoms with van der Waals surface area (Å²) in [5, 5.41) is 9.03. The summed E-state index contributed by atoms with van der Waals surface area (Å²) in [6, 6.07) is 12.3. The number of rotatable bonds is 3. The molecule has 0 saturated heterocycles. The number of benzene rings is 2. The highest BCUT2D eigenvalue weighted by Gasteiger charge is 2.16. The average Bonchev–Trinajstić information content (AvgIpc) is 2.52. The molecule has 0 radical (unpaired) electrons. The van der Waals surface area contributed by atoms with E-state index in [1.807, 2.05) is 0 Å². The van der Waals surface area contributed by atoms with Gasteiger partial charge < -0.3 is 5.11 Å². The Morgan fingerprint density at radius 3 is 2.14 bits per heavy atom. The van der Waals surface area contributed by atoms with E-state index < -0.39 is 17.8 Å². The van der Waals surface area contributed by atoms with Gasteiger partial charge in [0.15, 0.2) is 0 Å². The predicted octanol–water partition coefficient (Wildman–Crippen LogP) is 2.22. The van der Waals surface area contributed by atoms with Crippen molar-refractivity contribution in [3.63, 3.8) is 0 Å². The molecule has 0 fully saturated rings. The third-order valence-electron chi connectivity index (χ3n) is 2.78. The summed E-state index contributed by atoms with van der Waals surface area (Å²) in [4.78, 5) is 34.9. The maximum Gasteiger partial charge on any atom is 0.336 e. The van der Waals surface area contributed by atoms with E-state index in [1.54, 1.807) is 24.3 Å².